The molecule has 1 unspecified atom stereocenters. The number of hydrogen-bond donors (Lipinski definition) is 2. The fourth-order valence-corrected chi connectivity index (χ4v) is 2.29. The molecule has 16 heavy (non-hydrogen) atoms. The molecule has 1 aliphatic rings. The standard InChI is InChI=1S/C13H14N2O/c16-13(5-7-14-9-13)11-3-4-12-10(8-11)2-1-6-15-12/h1-4,6,8,14,16H,5,7,9H2. The number of aromatic nitrogens is 1. The van der Waals surface area contributed by atoms with Gasteiger partial charge in [-0.1, -0.05) is 12.1 Å². The Labute approximate surface area is 94.1 Å². The lowest BCUT2D eigenvalue weighted by atomic mass is 9.92. The number of nitrogens with zero attached hydrogens (tertiary/aromatic N) is 1. The minimum Gasteiger partial charge on any atom is -0.384 e. The number of aliphatic hydroxyl groups is 1. The van der Waals surface area contributed by atoms with E-state index in [4.69, 9.17) is 0 Å². The summed E-state index contributed by atoms with van der Waals surface area (Å²) in [5.41, 5.74) is 1.25. The lowest BCUT2D eigenvalue weighted by Crippen LogP contribution is -2.28. The number of hydrogen-bond acceptors (Lipinski definition) is 3. The van der Waals surface area contributed by atoms with Crippen LogP contribution in [0.4, 0.5) is 0 Å². The molecular weight excluding hydrogens is 200 g/mol. The molecule has 0 amide bonds. The molecule has 0 bridgehead atoms. The Bertz CT molecular complexity index is 518. The van der Waals surface area contributed by atoms with Gasteiger partial charge in [0.15, 0.2) is 0 Å². The first-order chi connectivity index (χ1) is 7.78. The van der Waals surface area contributed by atoms with E-state index in [0.29, 0.717) is 6.54 Å². The van der Waals surface area contributed by atoms with E-state index in [2.05, 4.69) is 10.3 Å². The van der Waals surface area contributed by atoms with Crippen molar-refractivity contribution in [2.24, 2.45) is 0 Å². The van der Waals surface area contributed by atoms with Crippen LogP contribution in [0.15, 0.2) is 36.5 Å². The van der Waals surface area contributed by atoms with Crippen molar-refractivity contribution in [2.45, 2.75) is 12.0 Å². The predicted molar refractivity (Wildman–Crippen MR) is 63.1 cm³/mol. The second-order valence-electron chi connectivity index (χ2n) is 4.37. The zero-order valence-corrected chi connectivity index (χ0v) is 8.98. The maximum absolute atomic E-state index is 10.4. The molecule has 1 aromatic heterocycles. The van der Waals surface area contributed by atoms with Crippen LogP contribution < -0.4 is 5.32 Å². The summed E-state index contributed by atoms with van der Waals surface area (Å²) in [6.45, 7) is 1.51. The molecule has 2 N–H and O–H groups in total. The molecule has 1 aliphatic heterocycles. The summed E-state index contributed by atoms with van der Waals surface area (Å²) in [7, 11) is 0. The molecule has 3 heteroatoms. The van der Waals surface area contributed by atoms with Gasteiger partial charge in [0.25, 0.3) is 0 Å². The van der Waals surface area contributed by atoms with E-state index in [1.54, 1.807) is 6.20 Å². The largest absolute Gasteiger partial charge is 0.384 e. The molecule has 2 aromatic rings. The second-order valence-corrected chi connectivity index (χ2v) is 4.37. The van der Waals surface area contributed by atoms with Crippen LogP contribution in [0.5, 0.6) is 0 Å². The number of nitrogens with one attached hydrogen (secondary N) is 1. The van der Waals surface area contributed by atoms with Crippen LogP contribution in [-0.2, 0) is 5.60 Å². The minimum atomic E-state index is -0.704. The number of β-amino-alcohol motifs (C(OH)–C–C–N with tert-alkyl or cyclic N) is 1. The highest BCUT2D eigenvalue weighted by atomic mass is 16.3. The van der Waals surface area contributed by atoms with Gasteiger partial charge < -0.3 is 10.4 Å². The maximum atomic E-state index is 10.4. The zero-order chi connectivity index (χ0) is 11.0. The molecular formula is C13H14N2O. The Kier molecular flexibility index (Phi) is 2.16. The first kappa shape index (κ1) is 9.75. The third-order valence-corrected chi connectivity index (χ3v) is 3.27. The van der Waals surface area contributed by atoms with Crippen LogP contribution in [0, 0.1) is 0 Å². The highest BCUT2D eigenvalue weighted by Crippen LogP contribution is 2.29. The van der Waals surface area contributed by atoms with Crippen molar-refractivity contribution in [3.8, 4) is 0 Å². The predicted octanol–water partition coefficient (Wildman–Crippen LogP) is 1.42. The monoisotopic (exact) mass is 214 g/mol. The summed E-state index contributed by atoms with van der Waals surface area (Å²) in [4.78, 5) is 4.27. The molecule has 2 heterocycles. The summed E-state index contributed by atoms with van der Waals surface area (Å²) < 4.78 is 0. The van der Waals surface area contributed by atoms with Crippen molar-refractivity contribution in [3.63, 3.8) is 0 Å². The fraction of sp³-hybridized carbons (Fsp3) is 0.308. The van der Waals surface area contributed by atoms with Crippen LogP contribution in [0.2, 0.25) is 0 Å². The van der Waals surface area contributed by atoms with Crippen LogP contribution in [0.3, 0.4) is 0 Å². The molecule has 1 aromatic carbocycles. The van der Waals surface area contributed by atoms with Crippen molar-refractivity contribution in [3.05, 3.63) is 42.1 Å². The molecule has 3 nitrogen and oxygen atoms in total. The third-order valence-electron chi connectivity index (χ3n) is 3.27. The van der Waals surface area contributed by atoms with Crippen LogP contribution >= 0.6 is 0 Å². The van der Waals surface area contributed by atoms with Gasteiger partial charge in [0.1, 0.15) is 5.60 Å². The van der Waals surface area contributed by atoms with Gasteiger partial charge in [0.05, 0.1) is 5.52 Å². The third kappa shape index (κ3) is 1.49. The van der Waals surface area contributed by atoms with Crippen LogP contribution in [0.1, 0.15) is 12.0 Å². The summed E-state index contributed by atoms with van der Waals surface area (Å²) in [5, 5.41) is 14.7. The van der Waals surface area contributed by atoms with Crippen molar-refractivity contribution in [2.75, 3.05) is 13.1 Å². The van der Waals surface area contributed by atoms with E-state index >= 15 is 0 Å². The number of benzene rings is 1. The number of pyridine rings is 1. The molecule has 3 rings (SSSR count). The Balaban J connectivity index is 2.11. The van der Waals surface area contributed by atoms with Gasteiger partial charge in [-0.3, -0.25) is 4.98 Å². The van der Waals surface area contributed by atoms with Gasteiger partial charge in [0, 0.05) is 18.1 Å². The van der Waals surface area contributed by atoms with Crippen molar-refractivity contribution >= 4 is 10.9 Å². The molecule has 1 atom stereocenters. The van der Waals surface area contributed by atoms with E-state index < -0.39 is 5.60 Å². The molecule has 0 spiro atoms. The smallest absolute Gasteiger partial charge is 0.103 e. The highest BCUT2D eigenvalue weighted by Gasteiger charge is 2.32. The minimum absolute atomic E-state index is 0.638. The van der Waals surface area contributed by atoms with E-state index in [9.17, 15) is 5.11 Å². The fourth-order valence-electron chi connectivity index (χ4n) is 2.29. The molecule has 0 radical (unpaired) electrons. The van der Waals surface area contributed by atoms with Crippen molar-refractivity contribution < 1.29 is 5.11 Å². The molecule has 1 fully saturated rings. The van der Waals surface area contributed by atoms with Crippen LogP contribution in [0.25, 0.3) is 10.9 Å². The summed E-state index contributed by atoms with van der Waals surface area (Å²) in [6, 6.07) is 9.93. The van der Waals surface area contributed by atoms with Crippen molar-refractivity contribution in [1.29, 1.82) is 0 Å². The topological polar surface area (TPSA) is 45.2 Å². The average Bonchev–Trinajstić information content (AvgIpc) is 2.77. The molecule has 0 aliphatic carbocycles. The Morgan fingerprint density at radius 1 is 1.31 bits per heavy atom. The second kappa shape index (κ2) is 3.54. The van der Waals surface area contributed by atoms with E-state index in [0.717, 1.165) is 29.4 Å². The van der Waals surface area contributed by atoms with E-state index in [1.165, 1.54) is 0 Å². The summed E-state index contributed by atoms with van der Waals surface area (Å²) >= 11 is 0. The first-order valence-corrected chi connectivity index (χ1v) is 5.56. The Morgan fingerprint density at radius 2 is 2.25 bits per heavy atom. The van der Waals surface area contributed by atoms with Gasteiger partial charge in [0.2, 0.25) is 0 Å². The van der Waals surface area contributed by atoms with E-state index in [-0.39, 0.29) is 0 Å². The van der Waals surface area contributed by atoms with Gasteiger partial charge in [-0.05, 0) is 36.7 Å². The summed E-state index contributed by atoms with van der Waals surface area (Å²) in [5.74, 6) is 0. The first-order valence-electron chi connectivity index (χ1n) is 5.56. The van der Waals surface area contributed by atoms with Gasteiger partial charge in [-0.15, -0.1) is 0 Å². The van der Waals surface area contributed by atoms with Gasteiger partial charge >= 0.3 is 0 Å². The van der Waals surface area contributed by atoms with Gasteiger partial charge in [-0.2, -0.15) is 0 Å². The quantitative estimate of drug-likeness (QED) is 0.754. The summed E-state index contributed by atoms with van der Waals surface area (Å²) in [6.07, 6.45) is 2.56. The molecule has 82 valence electrons. The highest BCUT2D eigenvalue weighted by molar-refractivity contribution is 5.79. The Hall–Kier alpha value is -1.45. The number of rotatable bonds is 1. The molecule has 0 saturated carbocycles. The van der Waals surface area contributed by atoms with Gasteiger partial charge in [-0.25, -0.2) is 0 Å². The normalized spacial score (nSPS) is 25.1. The lowest BCUT2D eigenvalue weighted by Gasteiger charge is -2.22. The average molecular weight is 214 g/mol. The maximum Gasteiger partial charge on any atom is 0.103 e. The lowest BCUT2D eigenvalue weighted by molar-refractivity contribution is 0.0589. The van der Waals surface area contributed by atoms with E-state index in [1.807, 2.05) is 30.3 Å². The van der Waals surface area contributed by atoms with Crippen LogP contribution in [-0.4, -0.2) is 23.2 Å². The zero-order valence-electron chi connectivity index (χ0n) is 8.98. The number of fused-ring (bicyclic) bond motifs is 1. The molecule has 1 saturated heterocycles. The SMILES string of the molecule is OC1(c2ccc3ncccc3c2)CCNC1. The van der Waals surface area contributed by atoms with Crippen molar-refractivity contribution in [1.82, 2.24) is 10.3 Å². The Morgan fingerprint density at radius 3 is 3.06 bits per heavy atom.